The molecule has 0 aliphatic carbocycles. The number of hydrogen-bond donors (Lipinski definition) is 0. The van der Waals surface area contributed by atoms with Crippen molar-refractivity contribution in [1.82, 2.24) is 15.0 Å². The molecule has 7 heterocycles. The zero-order valence-corrected chi connectivity index (χ0v) is 30.4. The van der Waals surface area contributed by atoms with Gasteiger partial charge in [-0.15, -0.1) is 22.7 Å². The minimum Gasteiger partial charge on any atom is -0.485 e. The first-order valence-electron chi connectivity index (χ1n) is 17.1. The van der Waals surface area contributed by atoms with Gasteiger partial charge in [-0.2, -0.15) is 0 Å². The molecule has 0 radical (unpaired) electrons. The zero-order chi connectivity index (χ0) is 37.1. The van der Waals surface area contributed by atoms with Crippen LogP contribution in [0.15, 0.2) is 109 Å². The second kappa shape index (κ2) is 14.9. The number of fused-ring (bicyclic) bond motifs is 2. The number of pyridine rings is 3. The Morgan fingerprint density at radius 3 is 1.69 bits per heavy atom. The van der Waals surface area contributed by atoms with Gasteiger partial charge in [-0.3, -0.25) is 24.5 Å². The van der Waals surface area contributed by atoms with Crippen LogP contribution in [0.4, 0.5) is 16.4 Å². The van der Waals surface area contributed by atoms with Crippen LogP contribution in [0.25, 0.3) is 43.0 Å². The monoisotopic (exact) mass is 768 g/mol. The summed E-state index contributed by atoms with van der Waals surface area (Å²) in [6.07, 6.45) is 3.18. The average Bonchev–Trinajstić information content (AvgIpc) is 3.81. The zero-order valence-electron chi connectivity index (χ0n) is 28.7. The number of carbonyl (C=O) groups excluding carboxylic acids is 2. The van der Waals surface area contributed by atoms with Crippen molar-refractivity contribution in [2.45, 2.75) is 0 Å². The maximum Gasteiger partial charge on any atom is 0.298 e. The van der Waals surface area contributed by atoms with Crippen LogP contribution in [0.2, 0.25) is 0 Å². The summed E-state index contributed by atoms with van der Waals surface area (Å²) in [7, 11) is 0. The van der Waals surface area contributed by atoms with E-state index in [1.807, 2.05) is 48.5 Å². The van der Waals surface area contributed by atoms with Gasteiger partial charge in [0.25, 0.3) is 12.9 Å². The number of carbonyl (C=O) groups is 2. The highest BCUT2D eigenvalue weighted by Gasteiger charge is 2.35. The van der Waals surface area contributed by atoms with Crippen molar-refractivity contribution in [2.24, 2.45) is 0 Å². The fourth-order valence-electron chi connectivity index (χ4n) is 6.34. The molecule has 2 aromatic carbocycles. The Bertz CT molecular complexity index is 2490. The average molecular weight is 769 g/mol. The van der Waals surface area contributed by atoms with Crippen molar-refractivity contribution in [3.8, 4) is 77.5 Å². The van der Waals surface area contributed by atoms with Crippen molar-refractivity contribution in [1.29, 1.82) is 0 Å². The minimum atomic E-state index is 0.235. The Hall–Kier alpha value is -6.77. The molecule has 272 valence electrons. The Morgan fingerprint density at radius 2 is 1.05 bits per heavy atom. The van der Waals surface area contributed by atoms with E-state index in [9.17, 15) is 9.59 Å². The lowest BCUT2D eigenvalue weighted by atomic mass is 10.1. The van der Waals surface area contributed by atoms with Crippen LogP contribution in [0, 0.1) is 0 Å². The molecule has 5 aromatic heterocycles. The summed E-state index contributed by atoms with van der Waals surface area (Å²) >= 11 is 3.10. The number of thiophene rings is 2. The second-order valence-corrected chi connectivity index (χ2v) is 14.0. The molecule has 14 heteroatoms. The number of anilines is 3. The number of ether oxygens (including phenoxy) is 6. The predicted octanol–water partition coefficient (Wildman–Crippen LogP) is 8.75. The molecule has 0 unspecified atom stereocenters. The molecule has 2 aliphatic rings. The maximum atomic E-state index is 11.4. The van der Waals surface area contributed by atoms with Gasteiger partial charge in [0.2, 0.25) is 0 Å². The van der Waals surface area contributed by atoms with E-state index in [2.05, 4.69) is 39.1 Å². The van der Waals surface area contributed by atoms with E-state index in [0.717, 1.165) is 36.6 Å². The van der Waals surface area contributed by atoms with Gasteiger partial charge in [-0.25, -0.2) is 4.98 Å². The van der Waals surface area contributed by atoms with Crippen molar-refractivity contribution < 1.29 is 38.0 Å². The first-order valence-corrected chi connectivity index (χ1v) is 18.7. The summed E-state index contributed by atoms with van der Waals surface area (Å²) in [6, 6.07) is 30.4. The third kappa shape index (κ3) is 6.57. The van der Waals surface area contributed by atoms with E-state index in [4.69, 9.17) is 33.4 Å². The Morgan fingerprint density at radius 1 is 0.545 bits per heavy atom. The molecule has 0 saturated heterocycles. The third-order valence-corrected chi connectivity index (χ3v) is 11.2. The highest BCUT2D eigenvalue weighted by molar-refractivity contribution is 7.26. The number of hydrogen-bond acceptors (Lipinski definition) is 14. The highest BCUT2D eigenvalue weighted by atomic mass is 32.1. The fraction of sp³-hybridized carbons (Fsp3) is 0.0976. The van der Waals surface area contributed by atoms with Gasteiger partial charge in [0.15, 0.2) is 23.0 Å². The Labute approximate surface area is 322 Å². The molecule has 9 rings (SSSR count). The molecule has 0 spiro atoms. The summed E-state index contributed by atoms with van der Waals surface area (Å²) in [6.45, 7) is 2.27. The minimum absolute atomic E-state index is 0.235. The number of nitrogens with zero attached hydrogens (tertiary/aromatic N) is 4. The molecule has 0 bridgehead atoms. The second-order valence-electron chi connectivity index (χ2n) is 12.0. The molecule has 12 nitrogen and oxygen atoms in total. The van der Waals surface area contributed by atoms with E-state index in [-0.39, 0.29) is 11.5 Å². The number of benzene rings is 2. The number of para-hydroxylation sites is 2. The van der Waals surface area contributed by atoms with Crippen LogP contribution >= 0.6 is 22.7 Å². The van der Waals surface area contributed by atoms with Crippen LogP contribution in [-0.4, -0.2) is 54.3 Å². The fourth-order valence-corrected chi connectivity index (χ4v) is 8.89. The van der Waals surface area contributed by atoms with Gasteiger partial charge >= 0.3 is 0 Å². The standard InChI is InChI=1S/C41H28N4O8S2/c46-23-52-28-12-14-43-31(20-28)33-22-29(53-24-47)21-32(44-33)30-19-25(11-13-42-30)38-34-35(49-16-15-48-34)39(54-38)40-36-37(51-18-17-50-36)41(55-40)45(26-7-3-1-4-8-26)27-9-5-2-6-10-27/h1-14,19-24H,15-18H2. The van der Waals surface area contributed by atoms with Crippen LogP contribution in [0.1, 0.15) is 0 Å². The van der Waals surface area contributed by atoms with Crippen molar-refractivity contribution in [3.63, 3.8) is 0 Å². The molecule has 7 aromatic rings. The third-order valence-electron chi connectivity index (χ3n) is 8.66. The lowest BCUT2D eigenvalue weighted by molar-refractivity contribution is -0.121. The van der Waals surface area contributed by atoms with E-state index >= 15 is 0 Å². The van der Waals surface area contributed by atoms with Gasteiger partial charge in [0, 0.05) is 42.0 Å². The summed E-state index contributed by atoms with van der Waals surface area (Å²) in [5, 5.41) is 0.880. The largest absolute Gasteiger partial charge is 0.485 e. The molecule has 2 aliphatic heterocycles. The summed E-state index contributed by atoms with van der Waals surface area (Å²) < 4.78 is 35.7. The van der Waals surface area contributed by atoms with Gasteiger partial charge in [0.1, 0.15) is 42.9 Å². The first kappa shape index (κ1) is 34.0. The highest BCUT2D eigenvalue weighted by Crippen LogP contribution is 2.62. The lowest BCUT2D eigenvalue weighted by Gasteiger charge is -2.26. The quantitative estimate of drug-likeness (QED) is 0.117. The molecule has 0 fully saturated rings. The van der Waals surface area contributed by atoms with Crippen molar-refractivity contribution in [3.05, 3.63) is 109 Å². The van der Waals surface area contributed by atoms with Gasteiger partial charge in [0.05, 0.1) is 37.4 Å². The molecule has 0 atom stereocenters. The summed E-state index contributed by atoms with van der Waals surface area (Å²) in [4.78, 5) is 40.9. The van der Waals surface area contributed by atoms with Crippen LogP contribution in [0.3, 0.4) is 0 Å². The topological polar surface area (TPSA) is 131 Å². The van der Waals surface area contributed by atoms with Gasteiger partial charge in [-0.05, 0) is 48.0 Å². The van der Waals surface area contributed by atoms with Gasteiger partial charge < -0.3 is 28.4 Å². The van der Waals surface area contributed by atoms with Crippen molar-refractivity contribution >= 4 is 52.0 Å². The summed E-state index contributed by atoms with van der Waals surface area (Å²) in [5.41, 5.74) is 4.48. The lowest BCUT2D eigenvalue weighted by Crippen LogP contribution is -2.17. The smallest absolute Gasteiger partial charge is 0.298 e. The van der Waals surface area contributed by atoms with Crippen LogP contribution < -0.4 is 33.3 Å². The normalized spacial score (nSPS) is 12.8. The Balaban J connectivity index is 1.16. The molecule has 0 saturated carbocycles. The van der Waals surface area contributed by atoms with E-state index in [1.165, 1.54) is 17.5 Å². The molecular weight excluding hydrogens is 741 g/mol. The molecule has 0 amide bonds. The van der Waals surface area contributed by atoms with Crippen molar-refractivity contribution in [2.75, 3.05) is 31.3 Å². The Kier molecular flexibility index (Phi) is 9.24. The van der Waals surface area contributed by atoms with Gasteiger partial charge in [-0.1, -0.05) is 36.4 Å². The predicted molar refractivity (Wildman–Crippen MR) is 207 cm³/mol. The van der Waals surface area contributed by atoms with E-state index < -0.39 is 0 Å². The SMILES string of the molecule is O=COc1ccnc(-c2cc(OC=O)cc(-c3cc(-c4sc(-c5sc(N(c6ccccc6)c6ccccc6)c6c5OCCO6)c5c4OCCO5)ccn3)n2)c1. The van der Waals surface area contributed by atoms with Crippen LogP contribution in [0.5, 0.6) is 34.5 Å². The van der Waals surface area contributed by atoms with E-state index in [1.54, 1.807) is 41.8 Å². The summed E-state index contributed by atoms with van der Waals surface area (Å²) in [5.74, 6) is 3.10. The number of aromatic nitrogens is 3. The van der Waals surface area contributed by atoms with Crippen LogP contribution in [-0.2, 0) is 9.59 Å². The molecule has 0 N–H and O–H groups in total. The molecular formula is C41H28N4O8S2. The first-order chi connectivity index (χ1) is 27.2. The van der Waals surface area contributed by atoms with E-state index in [0.29, 0.717) is 85.1 Å². The molecule has 55 heavy (non-hydrogen) atoms. The number of rotatable bonds is 11. The maximum absolute atomic E-state index is 11.4.